The summed E-state index contributed by atoms with van der Waals surface area (Å²) in [5.41, 5.74) is 1.22. The zero-order valence-corrected chi connectivity index (χ0v) is 6.70. The van der Waals surface area contributed by atoms with Crippen LogP contribution in [0.15, 0.2) is 24.5 Å². The van der Waals surface area contributed by atoms with E-state index in [2.05, 4.69) is 32.2 Å². The average molecular weight is 137 g/mol. The summed E-state index contributed by atoms with van der Waals surface area (Å²) >= 11 is 0. The van der Waals surface area contributed by atoms with Gasteiger partial charge >= 0.3 is 0 Å². The molecule has 0 aliphatic rings. The summed E-state index contributed by atoms with van der Waals surface area (Å²) < 4.78 is 0.827. The van der Waals surface area contributed by atoms with E-state index in [9.17, 15) is 0 Å². The molecular formula is C8H13N2+. The molecule has 0 radical (unpaired) electrons. The molecule has 0 saturated heterocycles. The van der Waals surface area contributed by atoms with Crippen LogP contribution in [0.2, 0.25) is 0 Å². The number of pyridine rings is 1. The highest BCUT2D eigenvalue weighted by molar-refractivity contribution is 5.37. The molecule has 0 N–H and O–H groups in total. The SMILES string of the molecule is C[N+](C)(C)c1cccnc1. The Hall–Kier alpha value is -0.890. The topological polar surface area (TPSA) is 12.9 Å². The molecule has 0 aliphatic carbocycles. The van der Waals surface area contributed by atoms with Crippen LogP contribution in [0.25, 0.3) is 0 Å². The van der Waals surface area contributed by atoms with E-state index in [1.807, 2.05) is 12.3 Å². The highest BCUT2D eigenvalue weighted by Crippen LogP contribution is 2.12. The molecule has 1 aromatic heterocycles. The number of hydrogen-bond acceptors (Lipinski definition) is 1. The first-order valence-electron chi connectivity index (χ1n) is 3.33. The summed E-state index contributed by atoms with van der Waals surface area (Å²) in [5, 5.41) is 0. The summed E-state index contributed by atoms with van der Waals surface area (Å²) in [6.45, 7) is 0. The molecular weight excluding hydrogens is 124 g/mol. The van der Waals surface area contributed by atoms with Crippen molar-refractivity contribution in [3.63, 3.8) is 0 Å². The maximum absolute atomic E-state index is 4.04. The standard InChI is InChI=1S/C8H13N2/c1-10(2,3)8-5-4-6-9-7-8/h4-7H,1-3H3/q+1. The molecule has 0 bridgehead atoms. The monoisotopic (exact) mass is 137 g/mol. The maximum atomic E-state index is 4.04. The highest BCUT2D eigenvalue weighted by atomic mass is 15.3. The maximum Gasteiger partial charge on any atom is 0.150 e. The minimum Gasteiger partial charge on any atom is -0.297 e. The Morgan fingerprint density at radius 1 is 1.30 bits per heavy atom. The van der Waals surface area contributed by atoms with Gasteiger partial charge in [-0.05, 0) is 6.07 Å². The van der Waals surface area contributed by atoms with E-state index in [0.29, 0.717) is 0 Å². The first-order valence-corrected chi connectivity index (χ1v) is 3.33. The minimum atomic E-state index is 0.827. The van der Waals surface area contributed by atoms with E-state index in [-0.39, 0.29) is 0 Å². The molecule has 0 atom stereocenters. The van der Waals surface area contributed by atoms with Crippen LogP contribution >= 0.6 is 0 Å². The summed E-state index contributed by atoms with van der Waals surface area (Å²) in [7, 11) is 6.37. The third kappa shape index (κ3) is 1.54. The van der Waals surface area contributed by atoms with Gasteiger partial charge in [-0.15, -0.1) is 0 Å². The lowest BCUT2D eigenvalue weighted by molar-refractivity contribution is 0.485. The second-order valence-electron chi connectivity index (χ2n) is 3.22. The molecule has 0 unspecified atom stereocenters. The smallest absolute Gasteiger partial charge is 0.150 e. The third-order valence-corrected chi connectivity index (χ3v) is 1.42. The summed E-state index contributed by atoms with van der Waals surface area (Å²) in [6.07, 6.45) is 3.68. The highest BCUT2D eigenvalue weighted by Gasteiger charge is 2.09. The normalized spacial score (nSPS) is 11.5. The van der Waals surface area contributed by atoms with Crippen molar-refractivity contribution >= 4 is 5.69 Å². The van der Waals surface area contributed by atoms with Gasteiger partial charge in [-0.25, -0.2) is 0 Å². The molecule has 0 saturated carbocycles. The van der Waals surface area contributed by atoms with Crippen molar-refractivity contribution in [1.29, 1.82) is 0 Å². The van der Waals surface area contributed by atoms with E-state index in [1.54, 1.807) is 6.20 Å². The first kappa shape index (κ1) is 7.22. The lowest BCUT2D eigenvalue weighted by atomic mass is 10.4. The van der Waals surface area contributed by atoms with Crippen LogP contribution in [0.4, 0.5) is 5.69 Å². The molecule has 54 valence electrons. The van der Waals surface area contributed by atoms with Gasteiger partial charge in [0.1, 0.15) is 0 Å². The van der Waals surface area contributed by atoms with Gasteiger partial charge in [0.25, 0.3) is 0 Å². The average Bonchev–Trinajstić information content (AvgIpc) is 1.88. The van der Waals surface area contributed by atoms with E-state index < -0.39 is 0 Å². The molecule has 10 heavy (non-hydrogen) atoms. The fourth-order valence-corrected chi connectivity index (χ4v) is 0.751. The van der Waals surface area contributed by atoms with Gasteiger partial charge in [-0.1, -0.05) is 0 Å². The Labute approximate surface area is 61.7 Å². The molecule has 2 heteroatoms. The molecule has 1 heterocycles. The Kier molecular flexibility index (Phi) is 1.72. The van der Waals surface area contributed by atoms with Gasteiger partial charge in [0, 0.05) is 12.3 Å². The lowest BCUT2D eigenvalue weighted by Crippen LogP contribution is -2.34. The van der Waals surface area contributed by atoms with E-state index in [4.69, 9.17) is 0 Å². The van der Waals surface area contributed by atoms with E-state index in [1.165, 1.54) is 5.69 Å². The number of aromatic nitrogens is 1. The van der Waals surface area contributed by atoms with Crippen LogP contribution in [0.5, 0.6) is 0 Å². The van der Waals surface area contributed by atoms with Crippen molar-refractivity contribution in [2.24, 2.45) is 0 Å². The van der Waals surface area contributed by atoms with Crippen molar-refractivity contribution in [3.05, 3.63) is 24.5 Å². The van der Waals surface area contributed by atoms with Crippen molar-refractivity contribution < 1.29 is 0 Å². The van der Waals surface area contributed by atoms with Crippen molar-refractivity contribution in [1.82, 2.24) is 9.47 Å². The Morgan fingerprint density at radius 2 is 2.00 bits per heavy atom. The summed E-state index contributed by atoms with van der Waals surface area (Å²) in [6, 6.07) is 4.03. The summed E-state index contributed by atoms with van der Waals surface area (Å²) in [4.78, 5) is 4.04. The Balaban J connectivity index is 2.97. The van der Waals surface area contributed by atoms with Crippen LogP contribution in [-0.4, -0.2) is 26.1 Å². The Morgan fingerprint density at radius 3 is 2.30 bits per heavy atom. The van der Waals surface area contributed by atoms with Crippen molar-refractivity contribution in [2.45, 2.75) is 0 Å². The first-order chi connectivity index (χ1) is 4.61. The molecule has 1 aromatic rings. The quantitative estimate of drug-likeness (QED) is 0.531. The van der Waals surface area contributed by atoms with Gasteiger partial charge in [-0.3, -0.25) is 9.47 Å². The Bertz CT molecular complexity index is 198. The fourth-order valence-electron chi connectivity index (χ4n) is 0.751. The molecule has 1 rings (SSSR count). The fraction of sp³-hybridized carbons (Fsp3) is 0.375. The van der Waals surface area contributed by atoms with Crippen LogP contribution in [0.1, 0.15) is 0 Å². The van der Waals surface area contributed by atoms with Gasteiger partial charge in [-0.2, -0.15) is 0 Å². The predicted molar refractivity (Wildman–Crippen MR) is 43.8 cm³/mol. The van der Waals surface area contributed by atoms with Gasteiger partial charge < -0.3 is 0 Å². The van der Waals surface area contributed by atoms with Crippen LogP contribution in [0.3, 0.4) is 0 Å². The van der Waals surface area contributed by atoms with E-state index in [0.717, 1.165) is 4.48 Å². The number of quaternary nitrogens is 1. The predicted octanol–water partition coefficient (Wildman–Crippen LogP) is 1.28. The molecule has 0 aromatic carbocycles. The van der Waals surface area contributed by atoms with Crippen molar-refractivity contribution in [3.8, 4) is 0 Å². The van der Waals surface area contributed by atoms with Crippen molar-refractivity contribution in [2.75, 3.05) is 21.1 Å². The van der Waals surface area contributed by atoms with Crippen LogP contribution in [-0.2, 0) is 0 Å². The second kappa shape index (κ2) is 2.39. The van der Waals surface area contributed by atoms with Gasteiger partial charge in [0.15, 0.2) is 5.69 Å². The molecule has 0 fully saturated rings. The number of rotatable bonds is 1. The van der Waals surface area contributed by atoms with Crippen LogP contribution in [0, 0.1) is 0 Å². The molecule has 0 amide bonds. The molecule has 0 spiro atoms. The zero-order valence-electron chi connectivity index (χ0n) is 6.70. The minimum absolute atomic E-state index is 0.827. The number of hydrogen-bond donors (Lipinski definition) is 0. The molecule has 0 aliphatic heterocycles. The van der Waals surface area contributed by atoms with Gasteiger partial charge in [0.2, 0.25) is 0 Å². The van der Waals surface area contributed by atoms with Crippen LogP contribution < -0.4 is 4.48 Å². The second-order valence-corrected chi connectivity index (χ2v) is 3.22. The van der Waals surface area contributed by atoms with Gasteiger partial charge in [0.05, 0.1) is 27.3 Å². The summed E-state index contributed by atoms with van der Waals surface area (Å²) in [5.74, 6) is 0. The molecule has 2 nitrogen and oxygen atoms in total. The largest absolute Gasteiger partial charge is 0.297 e. The lowest BCUT2D eigenvalue weighted by Gasteiger charge is -2.22. The number of nitrogens with zero attached hydrogens (tertiary/aromatic N) is 2. The van der Waals surface area contributed by atoms with E-state index >= 15 is 0 Å². The third-order valence-electron chi connectivity index (χ3n) is 1.42. The zero-order chi connectivity index (χ0) is 7.61.